The third-order valence-corrected chi connectivity index (χ3v) is 2.60. The van der Waals surface area contributed by atoms with E-state index >= 15 is 0 Å². The van der Waals surface area contributed by atoms with Gasteiger partial charge in [0.2, 0.25) is 5.91 Å². The molecule has 0 aliphatic rings. The highest BCUT2D eigenvalue weighted by Gasteiger charge is 2.26. The predicted molar refractivity (Wildman–Crippen MR) is 71.8 cm³/mol. The number of guanidine groups is 1. The van der Waals surface area contributed by atoms with Gasteiger partial charge in [0.15, 0.2) is 5.96 Å². The molecule has 1 atom stereocenters. The van der Waals surface area contributed by atoms with Crippen LogP contribution in [0.3, 0.4) is 0 Å². The van der Waals surface area contributed by atoms with Gasteiger partial charge in [-0.25, -0.2) is 0 Å². The van der Waals surface area contributed by atoms with Crippen molar-refractivity contribution in [2.45, 2.75) is 47.1 Å². The van der Waals surface area contributed by atoms with Gasteiger partial charge in [-0.05, 0) is 34.1 Å². The first kappa shape index (κ1) is 15.7. The van der Waals surface area contributed by atoms with Gasteiger partial charge in [-0.15, -0.1) is 0 Å². The molecule has 17 heavy (non-hydrogen) atoms. The minimum Gasteiger partial charge on any atom is -0.370 e. The second-order valence-corrected chi connectivity index (χ2v) is 4.90. The predicted octanol–water partition coefficient (Wildman–Crippen LogP) is 0.852. The standard InChI is InChI=1S/C12H26N4O/c1-6-9(3)16-11(13)15-8-12(4,5)10(17)14-7-2/h9H,6-8H2,1-5H3,(H,14,17)(H3,13,15,16). The Hall–Kier alpha value is -1.26. The van der Waals surface area contributed by atoms with E-state index < -0.39 is 5.41 Å². The molecule has 1 amide bonds. The molecule has 5 nitrogen and oxygen atoms in total. The Bertz CT molecular complexity index is 274. The van der Waals surface area contributed by atoms with Crippen molar-refractivity contribution in [3.05, 3.63) is 0 Å². The van der Waals surface area contributed by atoms with Crippen LogP contribution in [-0.2, 0) is 4.79 Å². The average molecular weight is 242 g/mol. The van der Waals surface area contributed by atoms with Crippen LogP contribution >= 0.6 is 0 Å². The highest BCUT2D eigenvalue weighted by Crippen LogP contribution is 2.15. The Balaban J connectivity index is 4.32. The first-order chi connectivity index (χ1) is 7.83. The van der Waals surface area contributed by atoms with Crippen molar-refractivity contribution in [2.75, 3.05) is 13.1 Å². The molecule has 0 spiro atoms. The SMILES string of the molecule is CCNC(=O)C(C)(C)CN=C(N)NC(C)CC. The zero-order chi connectivity index (χ0) is 13.5. The number of aliphatic imine (C=N–C) groups is 1. The first-order valence-electron chi connectivity index (χ1n) is 6.18. The van der Waals surface area contributed by atoms with Crippen LogP contribution in [0.15, 0.2) is 4.99 Å². The van der Waals surface area contributed by atoms with Gasteiger partial charge in [0.1, 0.15) is 0 Å². The molecule has 5 heteroatoms. The molecule has 0 aliphatic heterocycles. The van der Waals surface area contributed by atoms with Gasteiger partial charge in [-0.2, -0.15) is 0 Å². The van der Waals surface area contributed by atoms with Crippen LogP contribution < -0.4 is 16.4 Å². The molecule has 4 N–H and O–H groups in total. The molecule has 0 aliphatic carbocycles. The van der Waals surface area contributed by atoms with E-state index in [0.29, 0.717) is 25.1 Å². The summed E-state index contributed by atoms with van der Waals surface area (Å²) in [6, 6.07) is 0.298. The van der Waals surface area contributed by atoms with E-state index in [-0.39, 0.29) is 5.91 Å². The lowest BCUT2D eigenvalue weighted by Gasteiger charge is -2.21. The molecule has 0 aromatic heterocycles. The van der Waals surface area contributed by atoms with Gasteiger partial charge in [0.05, 0.1) is 12.0 Å². The Morgan fingerprint density at radius 1 is 1.41 bits per heavy atom. The summed E-state index contributed by atoms with van der Waals surface area (Å²) in [6.45, 7) is 10.7. The summed E-state index contributed by atoms with van der Waals surface area (Å²) in [5.74, 6) is 0.400. The van der Waals surface area contributed by atoms with E-state index in [2.05, 4.69) is 22.5 Å². The number of rotatable bonds is 6. The lowest BCUT2D eigenvalue weighted by molar-refractivity contribution is -0.128. The summed E-state index contributed by atoms with van der Waals surface area (Å²) >= 11 is 0. The summed E-state index contributed by atoms with van der Waals surface area (Å²) in [6.07, 6.45) is 0.982. The van der Waals surface area contributed by atoms with Gasteiger partial charge < -0.3 is 16.4 Å². The summed E-state index contributed by atoms with van der Waals surface area (Å²) < 4.78 is 0. The maximum atomic E-state index is 11.7. The highest BCUT2D eigenvalue weighted by atomic mass is 16.2. The molecule has 0 aromatic carbocycles. The quantitative estimate of drug-likeness (QED) is 0.477. The third kappa shape index (κ3) is 6.14. The van der Waals surface area contributed by atoms with E-state index in [0.717, 1.165) is 6.42 Å². The smallest absolute Gasteiger partial charge is 0.227 e. The molecule has 0 fully saturated rings. The fourth-order valence-electron chi connectivity index (χ4n) is 1.15. The summed E-state index contributed by atoms with van der Waals surface area (Å²) in [5.41, 5.74) is 5.21. The first-order valence-corrected chi connectivity index (χ1v) is 6.18. The number of nitrogens with two attached hydrogens (primary N) is 1. The molecule has 0 saturated carbocycles. The van der Waals surface area contributed by atoms with Crippen LogP contribution in [0.2, 0.25) is 0 Å². The number of nitrogens with one attached hydrogen (secondary N) is 2. The van der Waals surface area contributed by atoms with E-state index in [1.807, 2.05) is 27.7 Å². The van der Waals surface area contributed by atoms with Crippen LogP contribution in [0.4, 0.5) is 0 Å². The van der Waals surface area contributed by atoms with E-state index in [1.54, 1.807) is 0 Å². The number of nitrogens with zero attached hydrogens (tertiary/aromatic N) is 1. The number of carbonyl (C=O) groups is 1. The van der Waals surface area contributed by atoms with Crippen LogP contribution in [0, 0.1) is 5.41 Å². The molecular formula is C12H26N4O. The zero-order valence-electron chi connectivity index (χ0n) is 11.6. The van der Waals surface area contributed by atoms with Crippen molar-refractivity contribution in [1.29, 1.82) is 0 Å². The van der Waals surface area contributed by atoms with Crippen molar-refractivity contribution in [3.8, 4) is 0 Å². The second-order valence-electron chi connectivity index (χ2n) is 4.90. The molecule has 0 aromatic rings. The Morgan fingerprint density at radius 2 is 2.00 bits per heavy atom. The van der Waals surface area contributed by atoms with E-state index in [4.69, 9.17) is 5.73 Å². The molecule has 0 bridgehead atoms. The van der Waals surface area contributed by atoms with Crippen molar-refractivity contribution < 1.29 is 4.79 Å². The molecule has 1 unspecified atom stereocenters. The number of hydrogen-bond donors (Lipinski definition) is 3. The number of hydrogen-bond acceptors (Lipinski definition) is 2. The average Bonchev–Trinajstić information content (AvgIpc) is 2.26. The van der Waals surface area contributed by atoms with Crippen LogP contribution in [0.25, 0.3) is 0 Å². The summed E-state index contributed by atoms with van der Waals surface area (Å²) in [7, 11) is 0. The van der Waals surface area contributed by atoms with Gasteiger partial charge in [0.25, 0.3) is 0 Å². The lowest BCUT2D eigenvalue weighted by Crippen LogP contribution is -2.42. The maximum absolute atomic E-state index is 11.7. The fraction of sp³-hybridized carbons (Fsp3) is 0.833. The topological polar surface area (TPSA) is 79.5 Å². The summed E-state index contributed by atoms with van der Waals surface area (Å²) in [4.78, 5) is 15.9. The molecule has 0 rings (SSSR count). The van der Waals surface area contributed by atoms with E-state index in [9.17, 15) is 4.79 Å². The van der Waals surface area contributed by atoms with Crippen molar-refractivity contribution in [2.24, 2.45) is 16.1 Å². The fourth-order valence-corrected chi connectivity index (χ4v) is 1.15. The Labute approximate surface area is 104 Å². The van der Waals surface area contributed by atoms with Crippen LogP contribution in [0.1, 0.15) is 41.0 Å². The Kier molecular flexibility index (Phi) is 6.61. The van der Waals surface area contributed by atoms with Crippen molar-refractivity contribution in [3.63, 3.8) is 0 Å². The number of carbonyl (C=O) groups excluding carboxylic acids is 1. The van der Waals surface area contributed by atoms with Crippen LogP contribution in [0.5, 0.6) is 0 Å². The van der Waals surface area contributed by atoms with Gasteiger partial charge >= 0.3 is 0 Å². The molecule has 100 valence electrons. The van der Waals surface area contributed by atoms with E-state index in [1.165, 1.54) is 0 Å². The van der Waals surface area contributed by atoms with Gasteiger partial charge in [-0.1, -0.05) is 6.92 Å². The maximum Gasteiger partial charge on any atom is 0.227 e. The van der Waals surface area contributed by atoms with Gasteiger partial charge in [-0.3, -0.25) is 9.79 Å². The second kappa shape index (κ2) is 7.14. The monoisotopic (exact) mass is 242 g/mol. The zero-order valence-corrected chi connectivity index (χ0v) is 11.6. The minimum absolute atomic E-state index is 0.0000833. The van der Waals surface area contributed by atoms with Crippen LogP contribution in [-0.4, -0.2) is 31.0 Å². The molecule has 0 radical (unpaired) electrons. The molecular weight excluding hydrogens is 216 g/mol. The highest BCUT2D eigenvalue weighted by molar-refractivity contribution is 5.83. The lowest BCUT2D eigenvalue weighted by atomic mass is 9.92. The van der Waals surface area contributed by atoms with Crippen molar-refractivity contribution >= 4 is 11.9 Å². The minimum atomic E-state index is -0.530. The summed E-state index contributed by atoms with van der Waals surface area (Å²) in [5, 5.41) is 5.86. The molecule has 0 heterocycles. The molecule has 0 saturated heterocycles. The van der Waals surface area contributed by atoms with Crippen molar-refractivity contribution in [1.82, 2.24) is 10.6 Å². The Morgan fingerprint density at radius 3 is 2.47 bits per heavy atom. The van der Waals surface area contributed by atoms with Gasteiger partial charge in [0, 0.05) is 12.6 Å². The third-order valence-electron chi connectivity index (χ3n) is 2.60. The normalized spacial score (nSPS) is 14.3. The largest absolute Gasteiger partial charge is 0.370 e. The number of amides is 1.